The summed E-state index contributed by atoms with van der Waals surface area (Å²) in [5.41, 5.74) is 2.08. The smallest absolute Gasteiger partial charge is 0.226 e. The van der Waals surface area contributed by atoms with Crippen molar-refractivity contribution in [1.29, 1.82) is 0 Å². The lowest BCUT2D eigenvalue weighted by Gasteiger charge is -2.35. The highest BCUT2D eigenvalue weighted by Gasteiger charge is 2.22. The van der Waals surface area contributed by atoms with Gasteiger partial charge in [0, 0.05) is 49.5 Å². The van der Waals surface area contributed by atoms with Crippen molar-refractivity contribution < 1.29 is 4.39 Å². The van der Waals surface area contributed by atoms with Crippen molar-refractivity contribution in [3.05, 3.63) is 46.9 Å². The van der Waals surface area contributed by atoms with Gasteiger partial charge in [0.2, 0.25) is 5.95 Å². The van der Waals surface area contributed by atoms with Gasteiger partial charge in [-0.15, -0.1) is 0 Å². The molecule has 25 heavy (non-hydrogen) atoms. The molecule has 0 amide bonds. The van der Waals surface area contributed by atoms with E-state index in [1.54, 1.807) is 12.4 Å². The second kappa shape index (κ2) is 6.72. The molecule has 0 spiro atoms. The van der Waals surface area contributed by atoms with Gasteiger partial charge < -0.3 is 9.80 Å². The van der Waals surface area contributed by atoms with Gasteiger partial charge in [0.05, 0.1) is 11.9 Å². The van der Waals surface area contributed by atoms with Gasteiger partial charge in [-0.25, -0.2) is 19.3 Å². The maximum atomic E-state index is 14.1. The van der Waals surface area contributed by atoms with E-state index in [4.69, 9.17) is 0 Å². The number of anilines is 2. The molecule has 3 aromatic rings. The number of aryl methyl sites for hydroxylation is 1. The van der Waals surface area contributed by atoms with E-state index in [0.717, 1.165) is 43.3 Å². The minimum Gasteiger partial charge on any atom is -0.352 e. The molecule has 8 heteroatoms. The van der Waals surface area contributed by atoms with Crippen LogP contribution in [0.15, 0.2) is 35.4 Å². The Labute approximate surface area is 149 Å². The highest BCUT2D eigenvalue weighted by molar-refractivity contribution is 7.08. The Bertz CT molecular complexity index is 861. The number of aromatic nitrogens is 4. The minimum absolute atomic E-state index is 0.360. The zero-order valence-electron chi connectivity index (χ0n) is 13.8. The highest BCUT2D eigenvalue weighted by atomic mass is 32.1. The number of piperazine rings is 1. The van der Waals surface area contributed by atoms with Gasteiger partial charge in [0.1, 0.15) is 11.5 Å². The highest BCUT2D eigenvalue weighted by Crippen LogP contribution is 2.25. The predicted molar refractivity (Wildman–Crippen MR) is 96.5 cm³/mol. The van der Waals surface area contributed by atoms with Crippen molar-refractivity contribution in [2.45, 2.75) is 6.92 Å². The second-order valence-corrected chi connectivity index (χ2v) is 6.60. The van der Waals surface area contributed by atoms with Gasteiger partial charge in [-0.2, -0.15) is 11.3 Å². The van der Waals surface area contributed by atoms with Crippen LogP contribution in [0.3, 0.4) is 0 Å². The average Bonchev–Trinajstić information content (AvgIpc) is 3.17. The monoisotopic (exact) mass is 356 g/mol. The number of thiophene rings is 1. The van der Waals surface area contributed by atoms with Gasteiger partial charge in [0.15, 0.2) is 5.82 Å². The minimum atomic E-state index is -0.393. The Balaban J connectivity index is 1.51. The lowest BCUT2D eigenvalue weighted by molar-refractivity contribution is 0.605. The van der Waals surface area contributed by atoms with Gasteiger partial charge >= 0.3 is 0 Å². The number of halogens is 1. The first kappa shape index (κ1) is 15.9. The van der Waals surface area contributed by atoms with Crippen LogP contribution in [0.1, 0.15) is 5.69 Å². The Morgan fingerprint density at radius 3 is 2.52 bits per heavy atom. The van der Waals surface area contributed by atoms with Crippen LogP contribution in [0.25, 0.3) is 11.3 Å². The molecule has 1 aliphatic heterocycles. The van der Waals surface area contributed by atoms with Gasteiger partial charge in [-0.05, 0) is 18.4 Å². The van der Waals surface area contributed by atoms with Crippen LogP contribution in [0.5, 0.6) is 0 Å². The lowest BCUT2D eigenvalue weighted by atomic mass is 10.2. The molecule has 4 heterocycles. The van der Waals surface area contributed by atoms with Crippen molar-refractivity contribution in [1.82, 2.24) is 19.9 Å². The Morgan fingerprint density at radius 2 is 1.80 bits per heavy atom. The van der Waals surface area contributed by atoms with E-state index >= 15 is 0 Å². The summed E-state index contributed by atoms with van der Waals surface area (Å²) in [6.07, 6.45) is 4.67. The molecular formula is C17H17FN6S. The third kappa shape index (κ3) is 3.17. The molecule has 4 rings (SSSR count). The van der Waals surface area contributed by atoms with Gasteiger partial charge in [0.25, 0.3) is 0 Å². The van der Waals surface area contributed by atoms with Crippen LogP contribution in [0.4, 0.5) is 16.2 Å². The van der Waals surface area contributed by atoms with Crippen molar-refractivity contribution in [3.63, 3.8) is 0 Å². The first-order chi connectivity index (χ1) is 12.2. The molecular weight excluding hydrogens is 339 g/mol. The molecule has 6 nitrogen and oxygen atoms in total. The molecule has 1 aliphatic rings. The van der Waals surface area contributed by atoms with Crippen LogP contribution >= 0.6 is 11.3 Å². The molecule has 0 radical (unpaired) electrons. The molecule has 0 saturated carbocycles. The van der Waals surface area contributed by atoms with Crippen molar-refractivity contribution >= 4 is 23.1 Å². The van der Waals surface area contributed by atoms with E-state index in [0.29, 0.717) is 11.6 Å². The van der Waals surface area contributed by atoms with Gasteiger partial charge in [-0.1, -0.05) is 0 Å². The number of hydrogen-bond donors (Lipinski definition) is 0. The standard InChI is InChI=1S/C17H17FN6S/c1-12-16(20-4-3-19-12)23-5-7-24(8-6-23)17-21-10-14(18)15(22-17)13-2-9-25-11-13/h2-4,9-11H,5-8H2,1H3. The summed E-state index contributed by atoms with van der Waals surface area (Å²) in [5, 5.41) is 3.81. The zero-order valence-corrected chi connectivity index (χ0v) is 14.6. The fourth-order valence-corrected chi connectivity index (χ4v) is 3.58. The molecule has 0 aliphatic carbocycles. The summed E-state index contributed by atoms with van der Waals surface area (Å²) in [6, 6.07) is 1.87. The third-order valence-corrected chi connectivity index (χ3v) is 4.93. The summed E-state index contributed by atoms with van der Waals surface area (Å²) >= 11 is 1.52. The van der Waals surface area contributed by atoms with E-state index in [-0.39, 0.29) is 0 Å². The summed E-state index contributed by atoms with van der Waals surface area (Å²) < 4.78 is 14.1. The van der Waals surface area contributed by atoms with Crippen LogP contribution in [0.2, 0.25) is 0 Å². The fourth-order valence-electron chi connectivity index (χ4n) is 2.94. The van der Waals surface area contributed by atoms with Crippen molar-refractivity contribution in [3.8, 4) is 11.3 Å². The van der Waals surface area contributed by atoms with Crippen LogP contribution in [-0.2, 0) is 0 Å². The van der Waals surface area contributed by atoms with E-state index in [1.807, 2.05) is 23.8 Å². The molecule has 3 aromatic heterocycles. The van der Waals surface area contributed by atoms with Crippen LogP contribution < -0.4 is 9.80 Å². The Hall–Kier alpha value is -2.61. The fraction of sp³-hybridized carbons (Fsp3) is 0.294. The molecule has 1 saturated heterocycles. The zero-order chi connectivity index (χ0) is 17.2. The number of hydrogen-bond acceptors (Lipinski definition) is 7. The quantitative estimate of drug-likeness (QED) is 0.719. The summed E-state index contributed by atoms with van der Waals surface area (Å²) in [5.74, 6) is 1.09. The second-order valence-electron chi connectivity index (χ2n) is 5.82. The van der Waals surface area contributed by atoms with Crippen molar-refractivity contribution in [2.75, 3.05) is 36.0 Å². The topological polar surface area (TPSA) is 58.0 Å². The SMILES string of the molecule is Cc1nccnc1N1CCN(c2ncc(F)c(-c3ccsc3)n2)CC1. The molecule has 1 fully saturated rings. The summed E-state index contributed by atoms with van der Waals surface area (Å²) in [7, 11) is 0. The third-order valence-electron chi connectivity index (χ3n) is 4.24. The molecule has 0 aromatic carbocycles. The molecule has 0 N–H and O–H groups in total. The average molecular weight is 356 g/mol. The molecule has 128 valence electrons. The molecule has 0 bridgehead atoms. The van der Waals surface area contributed by atoms with E-state index < -0.39 is 5.82 Å². The maximum absolute atomic E-state index is 14.1. The van der Waals surface area contributed by atoms with Crippen molar-refractivity contribution in [2.24, 2.45) is 0 Å². The number of nitrogens with zero attached hydrogens (tertiary/aromatic N) is 6. The predicted octanol–water partition coefficient (Wildman–Crippen LogP) is 2.77. The normalized spacial score (nSPS) is 14.8. The first-order valence-corrected chi connectivity index (χ1v) is 8.99. The largest absolute Gasteiger partial charge is 0.352 e. The Kier molecular flexibility index (Phi) is 4.27. The lowest BCUT2D eigenvalue weighted by Crippen LogP contribution is -2.47. The molecule has 0 atom stereocenters. The maximum Gasteiger partial charge on any atom is 0.226 e. The van der Waals surface area contributed by atoms with E-state index in [1.165, 1.54) is 17.5 Å². The van der Waals surface area contributed by atoms with Crippen LogP contribution in [0, 0.1) is 12.7 Å². The number of rotatable bonds is 3. The van der Waals surface area contributed by atoms with Gasteiger partial charge in [-0.3, -0.25) is 4.98 Å². The summed E-state index contributed by atoms with van der Waals surface area (Å²) in [4.78, 5) is 21.7. The molecule has 0 unspecified atom stereocenters. The first-order valence-electron chi connectivity index (χ1n) is 8.05. The summed E-state index contributed by atoms with van der Waals surface area (Å²) in [6.45, 7) is 5.07. The van der Waals surface area contributed by atoms with Crippen LogP contribution in [-0.4, -0.2) is 46.1 Å². The Morgan fingerprint density at radius 1 is 1.04 bits per heavy atom. The van der Waals surface area contributed by atoms with E-state index in [2.05, 4.69) is 29.7 Å². The van der Waals surface area contributed by atoms with E-state index in [9.17, 15) is 4.39 Å².